The SMILES string of the molecule is CC(C)Cn1c(-c2cnccn2)nnc1S(=O)(=O)Cl. The van der Waals surface area contributed by atoms with Crippen LogP contribution in [0, 0.1) is 5.92 Å². The summed E-state index contributed by atoms with van der Waals surface area (Å²) in [5.74, 6) is 0.532. The fourth-order valence-corrected chi connectivity index (χ4v) is 2.51. The summed E-state index contributed by atoms with van der Waals surface area (Å²) in [6.45, 7) is 4.32. The molecular weight excluding hydrogens is 290 g/mol. The van der Waals surface area contributed by atoms with Gasteiger partial charge in [-0.2, -0.15) is 0 Å². The summed E-state index contributed by atoms with van der Waals surface area (Å²) in [5.41, 5.74) is 0.446. The third-order valence-corrected chi connectivity index (χ3v) is 3.43. The lowest BCUT2D eigenvalue weighted by atomic mass is 10.2. The first-order chi connectivity index (χ1) is 8.89. The van der Waals surface area contributed by atoms with Gasteiger partial charge in [-0.3, -0.25) is 9.55 Å². The van der Waals surface area contributed by atoms with Gasteiger partial charge in [-0.15, -0.1) is 10.2 Å². The second-order valence-corrected chi connectivity index (χ2v) is 6.80. The third-order valence-electron chi connectivity index (χ3n) is 2.27. The Morgan fingerprint density at radius 1 is 1.32 bits per heavy atom. The Morgan fingerprint density at radius 2 is 2.05 bits per heavy atom. The summed E-state index contributed by atoms with van der Waals surface area (Å²) in [7, 11) is 1.41. The van der Waals surface area contributed by atoms with Crippen LogP contribution >= 0.6 is 10.7 Å². The monoisotopic (exact) mass is 301 g/mol. The van der Waals surface area contributed by atoms with E-state index in [1.165, 1.54) is 23.2 Å². The van der Waals surface area contributed by atoms with E-state index in [9.17, 15) is 8.42 Å². The second-order valence-electron chi connectivity index (χ2n) is 4.34. The lowest BCUT2D eigenvalue weighted by Crippen LogP contribution is -2.12. The van der Waals surface area contributed by atoms with Crippen LogP contribution in [0.5, 0.6) is 0 Å². The van der Waals surface area contributed by atoms with E-state index >= 15 is 0 Å². The highest BCUT2D eigenvalue weighted by Crippen LogP contribution is 2.21. The molecule has 0 unspecified atom stereocenters. The Balaban J connectivity index is 2.60. The van der Waals surface area contributed by atoms with Gasteiger partial charge in [0, 0.05) is 29.6 Å². The summed E-state index contributed by atoms with van der Waals surface area (Å²) in [6, 6.07) is 0. The van der Waals surface area contributed by atoms with E-state index < -0.39 is 9.05 Å². The molecule has 0 radical (unpaired) electrons. The molecule has 0 N–H and O–H groups in total. The first kappa shape index (κ1) is 13.9. The van der Waals surface area contributed by atoms with Crippen LogP contribution in [0.25, 0.3) is 11.5 Å². The smallest absolute Gasteiger partial charge is 0.295 e. The molecular formula is C10H12ClN5O2S. The molecule has 0 saturated heterocycles. The topological polar surface area (TPSA) is 90.6 Å². The molecule has 0 aliphatic carbocycles. The zero-order chi connectivity index (χ0) is 14.0. The lowest BCUT2D eigenvalue weighted by molar-refractivity contribution is 0.488. The van der Waals surface area contributed by atoms with Crippen molar-refractivity contribution >= 4 is 19.7 Å². The van der Waals surface area contributed by atoms with Crippen LogP contribution in [0.15, 0.2) is 23.7 Å². The van der Waals surface area contributed by atoms with Crippen LogP contribution in [0.3, 0.4) is 0 Å². The normalized spacial score (nSPS) is 12.0. The second kappa shape index (κ2) is 5.22. The number of rotatable bonds is 4. The van der Waals surface area contributed by atoms with Crippen molar-refractivity contribution in [2.24, 2.45) is 5.92 Å². The average Bonchev–Trinajstić information content (AvgIpc) is 2.72. The summed E-state index contributed by atoms with van der Waals surface area (Å²) in [6.07, 6.45) is 4.51. The molecule has 0 amide bonds. The van der Waals surface area contributed by atoms with Crippen LogP contribution in [0.4, 0.5) is 0 Å². The van der Waals surface area contributed by atoms with Crippen LogP contribution in [-0.2, 0) is 15.6 Å². The highest BCUT2D eigenvalue weighted by molar-refractivity contribution is 8.13. The molecule has 9 heteroatoms. The lowest BCUT2D eigenvalue weighted by Gasteiger charge is -2.10. The Bertz CT molecular complexity index is 668. The maximum absolute atomic E-state index is 11.5. The summed E-state index contributed by atoms with van der Waals surface area (Å²) >= 11 is 0. The zero-order valence-corrected chi connectivity index (χ0v) is 11.9. The van der Waals surface area contributed by atoms with Gasteiger partial charge >= 0.3 is 0 Å². The Labute approximate surface area is 115 Å². The predicted molar refractivity (Wildman–Crippen MR) is 68.9 cm³/mol. The molecule has 0 aliphatic heterocycles. The average molecular weight is 302 g/mol. The van der Waals surface area contributed by atoms with Gasteiger partial charge in [0.05, 0.1) is 6.20 Å². The highest BCUT2D eigenvalue weighted by atomic mass is 35.7. The minimum atomic E-state index is -3.95. The van der Waals surface area contributed by atoms with E-state index in [-0.39, 0.29) is 11.1 Å². The van der Waals surface area contributed by atoms with E-state index in [1.54, 1.807) is 0 Å². The van der Waals surface area contributed by atoms with Gasteiger partial charge in [0.1, 0.15) is 5.69 Å². The number of halogens is 1. The first-order valence-corrected chi connectivity index (χ1v) is 7.84. The van der Waals surface area contributed by atoms with Gasteiger partial charge in [-0.1, -0.05) is 13.8 Å². The molecule has 0 spiro atoms. The van der Waals surface area contributed by atoms with Gasteiger partial charge in [0.15, 0.2) is 5.82 Å². The van der Waals surface area contributed by atoms with Crippen molar-refractivity contribution in [3.05, 3.63) is 18.6 Å². The minimum Gasteiger partial charge on any atom is -0.295 e. The molecule has 19 heavy (non-hydrogen) atoms. The standard InChI is InChI=1S/C10H12ClN5O2S/c1-7(2)6-16-9(8-5-12-3-4-13-8)14-15-10(16)19(11,17)18/h3-5,7H,6H2,1-2H3. The molecule has 7 nitrogen and oxygen atoms in total. The largest absolute Gasteiger partial charge is 0.296 e. The van der Waals surface area contributed by atoms with Gasteiger partial charge < -0.3 is 0 Å². The van der Waals surface area contributed by atoms with Crippen LogP contribution < -0.4 is 0 Å². The minimum absolute atomic E-state index is 0.198. The van der Waals surface area contributed by atoms with Crippen molar-refractivity contribution in [3.63, 3.8) is 0 Å². The molecule has 0 aliphatic rings. The molecule has 0 fully saturated rings. The molecule has 2 rings (SSSR count). The highest BCUT2D eigenvalue weighted by Gasteiger charge is 2.24. The van der Waals surface area contributed by atoms with Crippen molar-refractivity contribution in [2.75, 3.05) is 0 Å². The molecule has 0 atom stereocenters. The van der Waals surface area contributed by atoms with Crippen molar-refractivity contribution < 1.29 is 8.42 Å². The molecule has 102 valence electrons. The maximum atomic E-state index is 11.5. The summed E-state index contributed by atoms with van der Waals surface area (Å²) < 4.78 is 24.4. The molecule has 0 saturated carbocycles. The van der Waals surface area contributed by atoms with E-state index in [0.717, 1.165) is 0 Å². The van der Waals surface area contributed by atoms with Gasteiger partial charge in [0.2, 0.25) is 0 Å². The number of hydrogen-bond acceptors (Lipinski definition) is 6. The van der Waals surface area contributed by atoms with Crippen molar-refractivity contribution in [1.29, 1.82) is 0 Å². The fraction of sp³-hybridized carbons (Fsp3) is 0.400. The predicted octanol–water partition coefficient (Wildman–Crippen LogP) is 1.32. The third kappa shape index (κ3) is 3.07. The van der Waals surface area contributed by atoms with Crippen LogP contribution in [0.2, 0.25) is 0 Å². The summed E-state index contributed by atoms with van der Waals surface area (Å²) in [4.78, 5) is 8.02. The number of aromatic nitrogens is 5. The molecule has 2 aromatic rings. The van der Waals surface area contributed by atoms with E-state index in [2.05, 4.69) is 20.2 Å². The first-order valence-electron chi connectivity index (χ1n) is 5.54. The number of hydrogen-bond donors (Lipinski definition) is 0. The van der Waals surface area contributed by atoms with Gasteiger partial charge in [0.25, 0.3) is 14.2 Å². The molecule has 0 bridgehead atoms. The Hall–Kier alpha value is -1.54. The van der Waals surface area contributed by atoms with E-state index in [4.69, 9.17) is 10.7 Å². The van der Waals surface area contributed by atoms with Gasteiger partial charge in [-0.05, 0) is 5.92 Å². The quantitative estimate of drug-likeness (QED) is 0.791. The number of nitrogens with zero attached hydrogens (tertiary/aromatic N) is 5. The Morgan fingerprint density at radius 3 is 2.58 bits per heavy atom. The molecule has 2 heterocycles. The van der Waals surface area contributed by atoms with E-state index in [0.29, 0.717) is 18.1 Å². The zero-order valence-electron chi connectivity index (χ0n) is 10.4. The maximum Gasteiger partial charge on any atom is 0.296 e. The van der Waals surface area contributed by atoms with Crippen molar-refractivity contribution in [1.82, 2.24) is 24.7 Å². The Kier molecular flexibility index (Phi) is 3.81. The van der Waals surface area contributed by atoms with Crippen LogP contribution in [-0.4, -0.2) is 33.2 Å². The molecule has 0 aromatic carbocycles. The van der Waals surface area contributed by atoms with Gasteiger partial charge in [-0.25, -0.2) is 13.4 Å². The fourth-order valence-electron chi connectivity index (χ4n) is 1.60. The molecule has 2 aromatic heterocycles. The van der Waals surface area contributed by atoms with Crippen LogP contribution in [0.1, 0.15) is 13.8 Å². The van der Waals surface area contributed by atoms with E-state index in [1.807, 2.05) is 13.8 Å². The van der Waals surface area contributed by atoms with Crippen molar-refractivity contribution in [2.45, 2.75) is 25.5 Å². The van der Waals surface area contributed by atoms with Crippen molar-refractivity contribution in [3.8, 4) is 11.5 Å². The summed E-state index contributed by atoms with van der Waals surface area (Å²) in [5, 5.41) is 7.22.